The molecule has 5 heteroatoms. The van der Waals surface area contributed by atoms with Gasteiger partial charge >= 0.3 is 0 Å². The van der Waals surface area contributed by atoms with Gasteiger partial charge in [0.1, 0.15) is 5.75 Å². The molecule has 2 nitrogen and oxygen atoms in total. The highest BCUT2D eigenvalue weighted by atomic mass is 79.9. The summed E-state index contributed by atoms with van der Waals surface area (Å²) in [7, 11) is 0. The van der Waals surface area contributed by atoms with Gasteiger partial charge in [-0.15, -0.1) is 0 Å². The van der Waals surface area contributed by atoms with Gasteiger partial charge in [-0.25, -0.2) is 0 Å². The summed E-state index contributed by atoms with van der Waals surface area (Å²) < 4.78 is 6.16. The molecule has 0 spiro atoms. The van der Waals surface area contributed by atoms with E-state index in [2.05, 4.69) is 15.9 Å². The minimum Gasteiger partial charge on any atom is -0.493 e. The van der Waals surface area contributed by atoms with Crippen molar-refractivity contribution in [1.82, 2.24) is 0 Å². The Balaban J connectivity index is 2.33. The van der Waals surface area contributed by atoms with Crippen LogP contribution in [0.3, 0.4) is 0 Å². The molecule has 0 fully saturated rings. The largest absolute Gasteiger partial charge is 0.493 e. The molecule has 0 saturated heterocycles. The average Bonchev–Trinajstić information content (AvgIpc) is 2.43. The van der Waals surface area contributed by atoms with E-state index >= 15 is 0 Å². The Morgan fingerprint density at radius 3 is 2.35 bits per heavy atom. The van der Waals surface area contributed by atoms with Gasteiger partial charge in [0.05, 0.1) is 21.1 Å². The van der Waals surface area contributed by atoms with E-state index in [1.165, 1.54) is 0 Å². The maximum atomic E-state index is 12.4. The van der Waals surface area contributed by atoms with Gasteiger partial charge in [-0.2, -0.15) is 0 Å². The molecule has 2 aromatic carbocycles. The van der Waals surface area contributed by atoms with Crippen molar-refractivity contribution in [3.8, 4) is 5.75 Å². The van der Waals surface area contributed by atoms with E-state index in [1.54, 1.807) is 36.4 Å². The molecule has 20 heavy (non-hydrogen) atoms. The van der Waals surface area contributed by atoms with E-state index in [0.717, 1.165) is 4.47 Å². The average molecular weight is 374 g/mol. The Kier molecular flexibility index (Phi) is 5.08. The summed E-state index contributed by atoms with van der Waals surface area (Å²) in [6.45, 7) is 2.47. The van der Waals surface area contributed by atoms with Gasteiger partial charge in [0.25, 0.3) is 0 Å². The van der Waals surface area contributed by atoms with Crippen LogP contribution in [0, 0.1) is 0 Å². The Bertz CT molecular complexity index is 656. The minimum atomic E-state index is -0.118. The topological polar surface area (TPSA) is 26.3 Å². The fourth-order valence-corrected chi connectivity index (χ4v) is 2.51. The lowest BCUT2D eigenvalue weighted by atomic mass is 10.0. The van der Waals surface area contributed by atoms with Crippen LogP contribution < -0.4 is 4.74 Å². The number of ether oxygens (including phenoxy) is 1. The Labute approximate surface area is 135 Å². The van der Waals surface area contributed by atoms with Crippen molar-refractivity contribution in [2.45, 2.75) is 6.92 Å². The van der Waals surface area contributed by atoms with E-state index < -0.39 is 0 Å². The lowest BCUT2D eigenvalue weighted by Gasteiger charge is -2.08. The molecule has 0 aliphatic heterocycles. The third-order valence-corrected chi connectivity index (χ3v) is 4.03. The molecule has 104 valence electrons. The molecule has 0 heterocycles. The first-order valence-electron chi connectivity index (χ1n) is 5.95. The zero-order valence-corrected chi connectivity index (χ0v) is 13.7. The molecule has 0 aliphatic carbocycles. The second kappa shape index (κ2) is 6.61. The van der Waals surface area contributed by atoms with Crippen LogP contribution in [0.25, 0.3) is 0 Å². The quantitative estimate of drug-likeness (QED) is 0.672. The Morgan fingerprint density at radius 2 is 1.75 bits per heavy atom. The maximum absolute atomic E-state index is 12.4. The van der Waals surface area contributed by atoms with Crippen molar-refractivity contribution in [2.75, 3.05) is 6.61 Å². The lowest BCUT2D eigenvalue weighted by Crippen LogP contribution is -2.02. The van der Waals surface area contributed by atoms with E-state index in [-0.39, 0.29) is 5.78 Å². The summed E-state index contributed by atoms with van der Waals surface area (Å²) in [6.07, 6.45) is 0. The SMILES string of the molecule is CCOc1ccc(C(=O)c2ccc(Cl)c(Cl)c2)cc1Br. The van der Waals surface area contributed by atoms with E-state index in [9.17, 15) is 4.79 Å². The number of carbonyl (C=O) groups is 1. The van der Waals surface area contributed by atoms with Crippen molar-refractivity contribution in [1.29, 1.82) is 0 Å². The van der Waals surface area contributed by atoms with Gasteiger partial charge in [-0.1, -0.05) is 23.2 Å². The first-order valence-corrected chi connectivity index (χ1v) is 7.50. The van der Waals surface area contributed by atoms with Crippen molar-refractivity contribution in [3.63, 3.8) is 0 Å². The van der Waals surface area contributed by atoms with Gasteiger partial charge in [0.2, 0.25) is 0 Å². The molecule has 2 rings (SSSR count). The molecule has 0 amide bonds. The van der Waals surface area contributed by atoms with Crippen LogP contribution in [0.2, 0.25) is 10.0 Å². The van der Waals surface area contributed by atoms with Crippen LogP contribution in [0.15, 0.2) is 40.9 Å². The fourth-order valence-electron chi connectivity index (χ4n) is 1.72. The first-order chi connectivity index (χ1) is 9.52. The second-order valence-corrected chi connectivity index (χ2v) is 5.70. The molecule has 0 aliphatic rings. The molecule has 0 saturated carbocycles. The molecule has 0 radical (unpaired) electrons. The van der Waals surface area contributed by atoms with Gasteiger partial charge in [0, 0.05) is 11.1 Å². The summed E-state index contributed by atoms with van der Waals surface area (Å²) in [5, 5.41) is 0.790. The van der Waals surface area contributed by atoms with Crippen LogP contribution in [-0.2, 0) is 0 Å². The third kappa shape index (κ3) is 3.35. The monoisotopic (exact) mass is 372 g/mol. The van der Waals surface area contributed by atoms with E-state index in [4.69, 9.17) is 27.9 Å². The van der Waals surface area contributed by atoms with Crippen LogP contribution in [0.5, 0.6) is 5.75 Å². The highest BCUT2D eigenvalue weighted by Gasteiger charge is 2.13. The predicted octanol–water partition coefficient (Wildman–Crippen LogP) is 5.39. The van der Waals surface area contributed by atoms with Crippen molar-refractivity contribution >= 4 is 44.9 Å². The second-order valence-electron chi connectivity index (χ2n) is 4.04. The molecule has 0 N–H and O–H groups in total. The molecule has 0 bridgehead atoms. The van der Waals surface area contributed by atoms with Gasteiger partial charge in [-0.05, 0) is 59.3 Å². The predicted molar refractivity (Wildman–Crippen MR) is 85.2 cm³/mol. The molecular formula is C15H11BrCl2O2. The van der Waals surface area contributed by atoms with Gasteiger partial charge in [-0.3, -0.25) is 4.79 Å². The third-order valence-electron chi connectivity index (χ3n) is 2.68. The van der Waals surface area contributed by atoms with Crippen LogP contribution in [0.4, 0.5) is 0 Å². The molecule has 0 aromatic heterocycles. The summed E-state index contributed by atoms with van der Waals surface area (Å²) in [6, 6.07) is 10.0. The normalized spacial score (nSPS) is 10.4. The van der Waals surface area contributed by atoms with E-state index in [1.807, 2.05) is 6.92 Å². The highest BCUT2D eigenvalue weighted by molar-refractivity contribution is 9.10. The Hall–Kier alpha value is -1.03. The smallest absolute Gasteiger partial charge is 0.193 e. The Morgan fingerprint density at radius 1 is 1.10 bits per heavy atom. The lowest BCUT2D eigenvalue weighted by molar-refractivity contribution is 0.103. The summed E-state index contributed by atoms with van der Waals surface area (Å²) in [5.74, 6) is 0.588. The zero-order valence-electron chi connectivity index (χ0n) is 10.6. The number of rotatable bonds is 4. The number of benzene rings is 2. The number of ketones is 1. The van der Waals surface area contributed by atoms with Crippen molar-refractivity contribution in [2.24, 2.45) is 0 Å². The standard InChI is InChI=1S/C15H11BrCl2O2/c1-2-20-14-6-4-9(7-11(14)16)15(19)10-3-5-12(17)13(18)8-10/h3-8H,2H2,1H3. The summed E-state index contributed by atoms with van der Waals surface area (Å²) in [5.41, 5.74) is 1.05. The van der Waals surface area contributed by atoms with Gasteiger partial charge in [0.15, 0.2) is 5.78 Å². The molecule has 2 aromatic rings. The van der Waals surface area contributed by atoms with Crippen molar-refractivity contribution in [3.05, 3.63) is 62.0 Å². The molecule has 0 unspecified atom stereocenters. The highest BCUT2D eigenvalue weighted by Crippen LogP contribution is 2.28. The number of halogens is 3. The van der Waals surface area contributed by atoms with E-state index in [0.29, 0.717) is 33.5 Å². The van der Waals surface area contributed by atoms with Crippen LogP contribution in [-0.4, -0.2) is 12.4 Å². The molecular weight excluding hydrogens is 363 g/mol. The van der Waals surface area contributed by atoms with Crippen LogP contribution in [0.1, 0.15) is 22.8 Å². The minimum absolute atomic E-state index is 0.118. The zero-order chi connectivity index (χ0) is 14.7. The molecule has 0 atom stereocenters. The van der Waals surface area contributed by atoms with Crippen molar-refractivity contribution < 1.29 is 9.53 Å². The summed E-state index contributed by atoms with van der Waals surface area (Å²) in [4.78, 5) is 12.4. The maximum Gasteiger partial charge on any atom is 0.193 e. The van der Waals surface area contributed by atoms with Gasteiger partial charge < -0.3 is 4.74 Å². The van der Waals surface area contributed by atoms with Crippen LogP contribution >= 0.6 is 39.1 Å². The number of hydrogen-bond donors (Lipinski definition) is 0. The first kappa shape index (κ1) is 15.4. The number of carbonyl (C=O) groups excluding carboxylic acids is 1. The summed E-state index contributed by atoms with van der Waals surface area (Å²) >= 11 is 15.2. The number of hydrogen-bond acceptors (Lipinski definition) is 2. The fraction of sp³-hybridized carbons (Fsp3) is 0.133.